The first-order valence-corrected chi connectivity index (χ1v) is 30.9. The molecular formula is C75H84N4O10S. The molecule has 6 aromatic carbocycles. The number of ether oxygens (including phenoxy) is 2. The monoisotopic (exact) mass is 1230 g/mol. The van der Waals surface area contributed by atoms with Crippen LogP contribution >= 0.6 is 11.3 Å². The van der Waals surface area contributed by atoms with Gasteiger partial charge in [-0.05, 0) is 151 Å². The second-order valence-corrected chi connectivity index (χ2v) is 26.7. The number of carbonyl (C=O) groups excluding carboxylic acids is 2. The van der Waals surface area contributed by atoms with E-state index >= 15 is 0 Å². The number of rotatable bonds is 8. The molecule has 0 bridgehead atoms. The van der Waals surface area contributed by atoms with Gasteiger partial charge in [-0.1, -0.05) is 126 Å². The van der Waals surface area contributed by atoms with E-state index in [4.69, 9.17) is 27.7 Å². The summed E-state index contributed by atoms with van der Waals surface area (Å²) in [6.45, 7) is 26.1. The summed E-state index contributed by atoms with van der Waals surface area (Å²) in [5.41, 5.74) is 11.7. The number of hydrogen-bond donors (Lipinski definition) is 0. The Labute approximate surface area is 531 Å². The first-order chi connectivity index (χ1) is 41.6. The summed E-state index contributed by atoms with van der Waals surface area (Å²) in [6, 6.07) is 42.9. The van der Waals surface area contributed by atoms with Gasteiger partial charge in [-0.3, -0.25) is 0 Å². The third-order valence-corrected chi connectivity index (χ3v) is 19.1. The quantitative estimate of drug-likeness (QED) is 0.104. The molecule has 0 spiro atoms. The smallest absolute Gasteiger partial charge is 0.351 e. The van der Waals surface area contributed by atoms with Crippen molar-refractivity contribution in [1.29, 1.82) is 0 Å². The van der Waals surface area contributed by atoms with Crippen LogP contribution in [0.1, 0.15) is 160 Å². The molecule has 4 aliphatic rings. The van der Waals surface area contributed by atoms with Gasteiger partial charge in [0.1, 0.15) is 32.9 Å². The van der Waals surface area contributed by atoms with E-state index in [2.05, 4.69) is 82.2 Å². The van der Waals surface area contributed by atoms with Crippen molar-refractivity contribution in [3.8, 4) is 10.6 Å². The predicted octanol–water partition coefficient (Wildman–Crippen LogP) is 17.7. The van der Waals surface area contributed by atoms with Crippen molar-refractivity contribution in [2.75, 3.05) is 54.1 Å². The maximum atomic E-state index is 13.2. The highest BCUT2D eigenvalue weighted by Crippen LogP contribution is 2.54. The van der Waals surface area contributed by atoms with Crippen LogP contribution in [-0.4, -0.2) is 56.3 Å². The summed E-state index contributed by atoms with van der Waals surface area (Å²) in [6.07, 6.45) is 4.27. The van der Waals surface area contributed by atoms with E-state index in [0.717, 1.165) is 106 Å². The van der Waals surface area contributed by atoms with Crippen molar-refractivity contribution < 1.29 is 32.3 Å². The highest BCUT2D eigenvalue weighted by atomic mass is 32.1. The molecule has 4 aromatic heterocycles. The standard InChI is InChI=1S/C26H26N2O2S.C24H19NO4.C22H27NO4.3CH4/c1-25(2)9-11-28-12-10-26(3,4)20-21(28)17(25)14-15-13-16(24(29)30-22(15)20)23-27-18-7-5-6-8-19(18)31-23;1-2-28-23(26)21-15-17-13-14-20(16-22(17)29-24(21)27)25(18-9-5-3-6-10-18)19-11-7-4-8-12-19;1-6-26-19(24)14-11-13-12-15-17-16(18(13)27-20(14)25)22(4,5)8-10-23(17)9-7-21(15,2)3;;;/h5-8,13-14H,9-12H2,1-4H3;3-16H,2H2,1H3;11-12H,6-10H2,1-5H3;3*1H4. The van der Waals surface area contributed by atoms with Gasteiger partial charge in [0.25, 0.3) is 0 Å². The summed E-state index contributed by atoms with van der Waals surface area (Å²) >= 11 is 1.54. The molecule has 0 saturated heterocycles. The van der Waals surface area contributed by atoms with Gasteiger partial charge in [0.15, 0.2) is 0 Å². The summed E-state index contributed by atoms with van der Waals surface area (Å²) < 4.78 is 28.3. The van der Waals surface area contributed by atoms with E-state index in [1.54, 1.807) is 37.3 Å². The second kappa shape index (κ2) is 25.2. The molecule has 0 unspecified atom stereocenters. The van der Waals surface area contributed by atoms with Crippen LogP contribution in [0.4, 0.5) is 28.4 Å². The molecule has 14 rings (SSSR count). The lowest BCUT2D eigenvalue weighted by Gasteiger charge is -2.48. The first-order valence-electron chi connectivity index (χ1n) is 30.1. The Kier molecular flexibility index (Phi) is 18.4. The Hall–Kier alpha value is -8.82. The lowest BCUT2D eigenvalue weighted by molar-refractivity contribution is 0.0512. The summed E-state index contributed by atoms with van der Waals surface area (Å²) in [7, 11) is 0. The average Bonchev–Trinajstić information content (AvgIpc) is 0.769. The first kappa shape index (κ1) is 65.6. The highest BCUT2D eigenvalue weighted by Gasteiger charge is 2.44. The van der Waals surface area contributed by atoms with Crippen LogP contribution in [0.25, 0.3) is 53.7 Å². The van der Waals surface area contributed by atoms with E-state index in [1.165, 1.54) is 34.1 Å². The maximum Gasteiger partial charge on any atom is 0.351 e. The number of fused-ring (bicyclic) bond motifs is 6. The minimum absolute atomic E-state index is 0. The molecule has 0 N–H and O–H groups in total. The third kappa shape index (κ3) is 12.0. The highest BCUT2D eigenvalue weighted by molar-refractivity contribution is 7.21. The van der Waals surface area contributed by atoms with Crippen LogP contribution in [0, 0.1) is 0 Å². The van der Waals surface area contributed by atoms with Gasteiger partial charge in [-0.15, -0.1) is 11.3 Å². The van der Waals surface area contributed by atoms with E-state index < -0.39 is 23.2 Å². The van der Waals surface area contributed by atoms with Crippen LogP contribution in [0.3, 0.4) is 0 Å². The number of para-hydroxylation sites is 3. The number of hydrogen-bond acceptors (Lipinski definition) is 15. The minimum atomic E-state index is -0.709. The Morgan fingerprint density at radius 1 is 0.511 bits per heavy atom. The molecular weight excluding hydrogens is 1150 g/mol. The predicted molar refractivity (Wildman–Crippen MR) is 368 cm³/mol. The Balaban J connectivity index is 0.000000158. The number of thiazole rings is 1. The number of benzene rings is 6. The van der Waals surface area contributed by atoms with E-state index in [1.807, 2.05) is 103 Å². The van der Waals surface area contributed by atoms with Crippen molar-refractivity contribution in [2.45, 2.75) is 139 Å². The fourth-order valence-corrected chi connectivity index (χ4v) is 14.0. The summed E-state index contributed by atoms with van der Waals surface area (Å²) in [5.74, 6) is -1.30. The fourth-order valence-electron chi connectivity index (χ4n) is 13.0. The van der Waals surface area contributed by atoms with E-state index in [9.17, 15) is 24.0 Å². The second-order valence-electron chi connectivity index (χ2n) is 25.6. The van der Waals surface area contributed by atoms with Crippen LogP contribution in [0.5, 0.6) is 0 Å². The molecule has 0 amide bonds. The number of carbonyl (C=O) groups is 2. The SMILES string of the molecule is C.C.C.CC1(C)CCN2CCC(C)(C)c3c2c1cc1cc(-c2nc4ccccc4s2)c(=O)oc31.CCOC(=O)c1cc2cc3c4c(c2oc1=O)C(C)(C)CCN4CCC3(C)C.CCOC(=O)c1cc2ccc(N(c3ccccc3)c3ccccc3)cc2oc1=O. The van der Waals surface area contributed by atoms with Gasteiger partial charge < -0.3 is 37.4 Å². The van der Waals surface area contributed by atoms with Crippen LogP contribution in [0.15, 0.2) is 161 Å². The van der Waals surface area contributed by atoms with Gasteiger partial charge in [0.2, 0.25) is 0 Å². The van der Waals surface area contributed by atoms with Gasteiger partial charge in [0, 0.05) is 88.0 Å². The Morgan fingerprint density at radius 3 is 1.46 bits per heavy atom. The number of anilines is 5. The lowest BCUT2D eigenvalue weighted by atomic mass is 9.69. The Bertz CT molecular complexity index is 4460. The van der Waals surface area contributed by atoms with Gasteiger partial charge >= 0.3 is 28.8 Å². The Morgan fingerprint density at radius 2 is 0.956 bits per heavy atom. The van der Waals surface area contributed by atoms with Gasteiger partial charge in [-0.25, -0.2) is 29.0 Å². The molecule has 0 radical (unpaired) electrons. The zero-order chi connectivity index (χ0) is 61.3. The molecule has 4 aliphatic heterocycles. The van der Waals surface area contributed by atoms with Crippen molar-refractivity contribution in [3.05, 3.63) is 198 Å². The summed E-state index contributed by atoms with van der Waals surface area (Å²) in [4.78, 5) is 73.9. The molecule has 0 aliphatic carbocycles. The van der Waals surface area contributed by atoms with Crippen molar-refractivity contribution >= 4 is 94.8 Å². The zero-order valence-electron chi connectivity index (χ0n) is 51.1. The molecule has 14 nitrogen and oxygen atoms in total. The average molecular weight is 1230 g/mol. The third-order valence-electron chi connectivity index (χ3n) is 18.0. The van der Waals surface area contributed by atoms with Crippen LogP contribution < -0.4 is 31.6 Å². The molecule has 0 fully saturated rings. The molecule has 8 heterocycles. The minimum Gasteiger partial charge on any atom is -0.462 e. The number of esters is 2. The molecule has 10 aromatic rings. The molecule has 470 valence electrons. The fraction of sp³-hybridized carbons (Fsp3) is 0.360. The topological polar surface area (TPSA) is 166 Å². The van der Waals surface area contributed by atoms with E-state index in [0.29, 0.717) is 22.1 Å². The largest absolute Gasteiger partial charge is 0.462 e. The van der Waals surface area contributed by atoms with Crippen molar-refractivity contribution in [3.63, 3.8) is 0 Å². The number of aromatic nitrogens is 1. The normalized spacial score (nSPS) is 15.9. The van der Waals surface area contributed by atoms with Gasteiger partial charge in [0.05, 0.1) is 29.0 Å². The molecule has 0 atom stereocenters. The number of nitrogens with zero attached hydrogens (tertiary/aromatic N) is 4. The van der Waals surface area contributed by atoms with Crippen LogP contribution in [0.2, 0.25) is 0 Å². The summed E-state index contributed by atoms with van der Waals surface area (Å²) in [5, 5.41) is 3.18. The molecule has 0 saturated carbocycles. The molecule has 90 heavy (non-hydrogen) atoms. The maximum absolute atomic E-state index is 13.2. The van der Waals surface area contributed by atoms with Crippen molar-refractivity contribution in [2.24, 2.45) is 0 Å². The van der Waals surface area contributed by atoms with Crippen molar-refractivity contribution in [1.82, 2.24) is 4.98 Å². The van der Waals surface area contributed by atoms with Crippen LogP contribution in [-0.2, 0) is 31.1 Å². The lowest BCUT2D eigenvalue weighted by Crippen LogP contribution is -2.44. The van der Waals surface area contributed by atoms with Gasteiger partial charge in [-0.2, -0.15) is 0 Å². The van der Waals surface area contributed by atoms with E-state index in [-0.39, 0.29) is 73.9 Å². The molecule has 15 heteroatoms. The zero-order valence-corrected chi connectivity index (χ0v) is 51.9.